The van der Waals surface area contributed by atoms with Gasteiger partial charge in [-0.25, -0.2) is 0 Å². The number of furan rings is 1. The van der Waals surface area contributed by atoms with Gasteiger partial charge in [-0.15, -0.1) is 0 Å². The van der Waals surface area contributed by atoms with E-state index in [2.05, 4.69) is 28.2 Å². The van der Waals surface area contributed by atoms with Crippen molar-refractivity contribution < 1.29 is 4.42 Å². The molecule has 1 atom stereocenters. The first-order chi connectivity index (χ1) is 6.83. The first-order valence-electron chi connectivity index (χ1n) is 5.29. The molecule has 2 nitrogen and oxygen atoms in total. The van der Waals surface area contributed by atoms with E-state index in [1.807, 2.05) is 6.07 Å². The maximum Gasteiger partial charge on any atom is 0.135 e. The lowest BCUT2D eigenvalue weighted by atomic mass is 9.79. The zero-order valence-electron chi connectivity index (χ0n) is 8.42. The number of hydrogen-bond donors (Lipinski definition) is 1. The van der Waals surface area contributed by atoms with Gasteiger partial charge < -0.3 is 9.73 Å². The van der Waals surface area contributed by atoms with E-state index in [1.165, 1.54) is 19.3 Å². The van der Waals surface area contributed by atoms with Crippen LogP contribution in [0.5, 0.6) is 0 Å². The summed E-state index contributed by atoms with van der Waals surface area (Å²) >= 11 is 3.52. The molecule has 0 radical (unpaired) electrons. The second kappa shape index (κ2) is 4.49. The van der Waals surface area contributed by atoms with Crippen LogP contribution in [0.1, 0.15) is 38.0 Å². The zero-order valence-corrected chi connectivity index (χ0v) is 10.0. The molecule has 1 aliphatic rings. The maximum atomic E-state index is 5.53. The Morgan fingerprint density at radius 2 is 2.43 bits per heavy atom. The van der Waals surface area contributed by atoms with Crippen LogP contribution in [0.4, 0.5) is 0 Å². The van der Waals surface area contributed by atoms with Gasteiger partial charge >= 0.3 is 0 Å². The van der Waals surface area contributed by atoms with Crippen LogP contribution in [0.15, 0.2) is 21.2 Å². The predicted octanol–water partition coefficient (Wildman–Crippen LogP) is 3.49. The van der Waals surface area contributed by atoms with Gasteiger partial charge in [-0.05, 0) is 47.3 Å². The van der Waals surface area contributed by atoms with Crippen molar-refractivity contribution in [2.45, 2.75) is 32.2 Å². The van der Waals surface area contributed by atoms with E-state index in [-0.39, 0.29) is 0 Å². The zero-order chi connectivity index (χ0) is 9.97. The summed E-state index contributed by atoms with van der Waals surface area (Å²) in [6.45, 7) is 3.14. The number of halogens is 1. The first kappa shape index (κ1) is 10.2. The Hall–Kier alpha value is -0.280. The first-order valence-corrected chi connectivity index (χ1v) is 6.08. The summed E-state index contributed by atoms with van der Waals surface area (Å²) in [5.41, 5.74) is 0. The normalized spacial score (nSPS) is 19.3. The lowest BCUT2D eigenvalue weighted by Gasteiger charge is -2.33. The standard InChI is InChI=1S/C11H16BrNO/c1-2-13-10(8-4-3-5-8)11-9(12)6-7-14-11/h6-8,10,13H,2-5H2,1H3. The molecule has 0 saturated heterocycles. The quantitative estimate of drug-likeness (QED) is 0.894. The fourth-order valence-corrected chi connectivity index (χ4v) is 2.44. The van der Waals surface area contributed by atoms with Gasteiger partial charge in [-0.3, -0.25) is 0 Å². The Morgan fingerprint density at radius 1 is 1.64 bits per heavy atom. The van der Waals surface area contributed by atoms with Crippen LogP contribution in [0.25, 0.3) is 0 Å². The molecule has 1 fully saturated rings. The predicted molar refractivity (Wildman–Crippen MR) is 60.2 cm³/mol. The molecule has 0 amide bonds. The summed E-state index contributed by atoms with van der Waals surface area (Å²) in [5.74, 6) is 1.83. The average Bonchev–Trinajstić information content (AvgIpc) is 2.47. The molecular weight excluding hydrogens is 242 g/mol. The van der Waals surface area contributed by atoms with Gasteiger partial charge in [0, 0.05) is 0 Å². The molecule has 0 spiro atoms. The van der Waals surface area contributed by atoms with Gasteiger partial charge in [0.1, 0.15) is 5.76 Å². The Labute approximate surface area is 93.2 Å². The second-order valence-corrected chi connectivity index (χ2v) is 4.71. The van der Waals surface area contributed by atoms with Crippen molar-refractivity contribution in [2.75, 3.05) is 6.54 Å². The van der Waals surface area contributed by atoms with E-state index in [4.69, 9.17) is 4.42 Å². The SMILES string of the molecule is CCNC(c1occc1Br)C1CCC1. The van der Waals surface area contributed by atoms with Gasteiger partial charge in [0.05, 0.1) is 16.8 Å². The fourth-order valence-electron chi connectivity index (χ4n) is 1.99. The maximum absolute atomic E-state index is 5.53. The topological polar surface area (TPSA) is 25.2 Å². The van der Waals surface area contributed by atoms with E-state index in [0.29, 0.717) is 6.04 Å². The van der Waals surface area contributed by atoms with E-state index in [1.54, 1.807) is 6.26 Å². The molecule has 0 aromatic carbocycles. The lowest BCUT2D eigenvalue weighted by molar-refractivity contribution is 0.209. The molecule has 14 heavy (non-hydrogen) atoms. The van der Waals surface area contributed by atoms with Crippen molar-refractivity contribution in [1.29, 1.82) is 0 Å². The average molecular weight is 258 g/mol. The minimum Gasteiger partial charge on any atom is -0.466 e. The molecule has 1 aromatic heterocycles. The van der Waals surface area contributed by atoms with E-state index >= 15 is 0 Å². The third-order valence-corrected chi connectivity index (χ3v) is 3.63. The third kappa shape index (κ3) is 1.89. The smallest absolute Gasteiger partial charge is 0.135 e. The molecule has 3 heteroatoms. The number of rotatable bonds is 4. The molecule has 1 aliphatic carbocycles. The summed E-state index contributed by atoms with van der Waals surface area (Å²) < 4.78 is 6.62. The van der Waals surface area contributed by atoms with Gasteiger partial charge in [0.25, 0.3) is 0 Å². The minimum absolute atomic E-state index is 0.401. The van der Waals surface area contributed by atoms with Crippen molar-refractivity contribution in [3.05, 3.63) is 22.6 Å². The van der Waals surface area contributed by atoms with Crippen molar-refractivity contribution in [3.63, 3.8) is 0 Å². The monoisotopic (exact) mass is 257 g/mol. The Kier molecular flexibility index (Phi) is 3.29. The molecular formula is C11H16BrNO. The van der Waals surface area contributed by atoms with Crippen molar-refractivity contribution >= 4 is 15.9 Å². The Morgan fingerprint density at radius 3 is 2.86 bits per heavy atom. The Balaban J connectivity index is 2.13. The molecule has 1 unspecified atom stereocenters. The highest BCUT2D eigenvalue weighted by atomic mass is 79.9. The summed E-state index contributed by atoms with van der Waals surface area (Å²) in [7, 11) is 0. The number of nitrogens with one attached hydrogen (secondary N) is 1. The molecule has 78 valence electrons. The van der Waals surface area contributed by atoms with Crippen LogP contribution >= 0.6 is 15.9 Å². The molecule has 0 aliphatic heterocycles. The highest BCUT2D eigenvalue weighted by Crippen LogP contribution is 2.40. The lowest BCUT2D eigenvalue weighted by Crippen LogP contribution is -2.31. The molecule has 1 N–H and O–H groups in total. The molecule has 2 rings (SSSR count). The van der Waals surface area contributed by atoms with Crippen LogP contribution in [-0.4, -0.2) is 6.54 Å². The van der Waals surface area contributed by atoms with Crippen LogP contribution in [0.3, 0.4) is 0 Å². The summed E-state index contributed by atoms with van der Waals surface area (Å²) in [5, 5.41) is 3.50. The van der Waals surface area contributed by atoms with Crippen molar-refractivity contribution in [3.8, 4) is 0 Å². The molecule has 0 bridgehead atoms. The van der Waals surface area contributed by atoms with E-state index in [9.17, 15) is 0 Å². The fraction of sp³-hybridized carbons (Fsp3) is 0.636. The Bertz CT molecular complexity index is 293. The third-order valence-electron chi connectivity index (χ3n) is 2.97. The van der Waals surface area contributed by atoms with Crippen LogP contribution in [-0.2, 0) is 0 Å². The summed E-state index contributed by atoms with van der Waals surface area (Å²) in [4.78, 5) is 0. The van der Waals surface area contributed by atoms with Gasteiger partial charge in [0.2, 0.25) is 0 Å². The van der Waals surface area contributed by atoms with Gasteiger partial charge in [0.15, 0.2) is 0 Å². The minimum atomic E-state index is 0.401. The van der Waals surface area contributed by atoms with Crippen LogP contribution in [0, 0.1) is 5.92 Å². The molecule has 1 aromatic rings. The largest absolute Gasteiger partial charge is 0.466 e. The van der Waals surface area contributed by atoms with E-state index < -0.39 is 0 Å². The van der Waals surface area contributed by atoms with Crippen LogP contribution < -0.4 is 5.32 Å². The highest BCUT2D eigenvalue weighted by Gasteiger charge is 2.30. The molecule has 1 saturated carbocycles. The van der Waals surface area contributed by atoms with Gasteiger partial charge in [-0.2, -0.15) is 0 Å². The van der Waals surface area contributed by atoms with Crippen molar-refractivity contribution in [2.24, 2.45) is 5.92 Å². The second-order valence-electron chi connectivity index (χ2n) is 3.86. The number of hydrogen-bond acceptors (Lipinski definition) is 2. The van der Waals surface area contributed by atoms with E-state index in [0.717, 1.165) is 22.7 Å². The summed E-state index contributed by atoms with van der Waals surface area (Å²) in [6, 6.07) is 2.37. The highest BCUT2D eigenvalue weighted by molar-refractivity contribution is 9.10. The van der Waals surface area contributed by atoms with Crippen molar-refractivity contribution in [1.82, 2.24) is 5.32 Å². The van der Waals surface area contributed by atoms with Crippen LogP contribution in [0.2, 0.25) is 0 Å². The molecule has 1 heterocycles. The van der Waals surface area contributed by atoms with Gasteiger partial charge in [-0.1, -0.05) is 13.3 Å². The summed E-state index contributed by atoms with van der Waals surface area (Å²) in [6.07, 6.45) is 5.77.